The zero-order chi connectivity index (χ0) is 30.4. The number of allylic oxidation sites excluding steroid dienone is 2. The number of hydrogen-bond acceptors (Lipinski definition) is 5. The molecule has 0 bridgehead atoms. The van der Waals surface area contributed by atoms with E-state index in [0.717, 1.165) is 38.5 Å². The highest BCUT2D eigenvalue weighted by atomic mass is 16.3. The minimum atomic E-state index is -1.27. The zero-order valence-electron chi connectivity index (χ0n) is 27.0. The molecule has 1 amide bonds. The van der Waals surface area contributed by atoms with Crippen molar-refractivity contribution in [1.82, 2.24) is 5.32 Å². The van der Waals surface area contributed by atoms with Gasteiger partial charge in [-0.25, -0.2) is 0 Å². The van der Waals surface area contributed by atoms with Gasteiger partial charge in [-0.15, -0.1) is 0 Å². The topological polar surface area (TPSA) is 110 Å². The Balaban J connectivity index is 3.78. The van der Waals surface area contributed by atoms with Crippen LogP contribution in [-0.4, -0.2) is 57.3 Å². The Labute approximate surface area is 253 Å². The van der Waals surface area contributed by atoms with E-state index in [1.807, 2.05) is 0 Å². The van der Waals surface area contributed by atoms with Crippen LogP contribution in [0.3, 0.4) is 0 Å². The quantitative estimate of drug-likeness (QED) is 0.0421. The Bertz CT molecular complexity index is 585. The van der Waals surface area contributed by atoms with Crippen molar-refractivity contribution in [3.05, 3.63) is 12.2 Å². The average molecular weight is 584 g/mol. The van der Waals surface area contributed by atoms with Gasteiger partial charge in [0, 0.05) is 0 Å². The maximum atomic E-state index is 12.4. The first-order chi connectivity index (χ1) is 20.0. The van der Waals surface area contributed by atoms with E-state index in [-0.39, 0.29) is 0 Å². The largest absolute Gasteiger partial charge is 0.394 e. The Hall–Kier alpha value is -0.950. The number of aliphatic hydroxyl groups is 4. The predicted molar refractivity (Wildman–Crippen MR) is 173 cm³/mol. The van der Waals surface area contributed by atoms with Crippen LogP contribution in [0.5, 0.6) is 0 Å². The second-order valence-corrected chi connectivity index (χ2v) is 12.2. The Morgan fingerprint density at radius 3 is 1.46 bits per heavy atom. The van der Waals surface area contributed by atoms with Gasteiger partial charge < -0.3 is 25.7 Å². The number of unbranched alkanes of at least 4 members (excludes halogenated alkanes) is 20. The van der Waals surface area contributed by atoms with Crippen LogP contribution in [0.2, 0.25) is 0 Å². The molecule has 0 radical (unpaired) electrons. The van der Waals surface area contributed by atoms with Gasteiger partial charge in [0.05, 0.1) is 18.8 Å². The third kappa shape index (κ3) is 25.3. The summed E-state index contributed by atoms with van der Waals surface area (Å²) in [5.74, 6) is -0.596. The average Bonchev–Trinajstić information content (AvgIpc) is 2.98. The maximum absolute atomic E-state index is 12.4. The molecule has 5 N–H and O–H groups in total. The van der Waals surface area contributed by atoms with Crippen LogP contribution in [-0.2, 0) is 4.79 Å². The van der Waals surface area contributed by atoms with Crippen molar-refractivity contribution in [2.75, 3.05) is 6.61 Å². The first-order valence-corrected chi connectivity index (χ1v) is 17.6. The molecule has 0 aliphatic rings. The van der Waals surface area contributed by atoms with Crippen molar-refractivity contribution in [2.45, 2.75) is 199 Å². The van der Waals surface area contributed by atoms with Crippen LogP contribution in [0.1, 0.15) is 174 Å². The smallest absolute Gasteiger partial charge is 0.249 e. The Kier molecular flexibility index (Phi) is 29.8. The summed E-state index contributed by atoms with van der Waals surface area (Å²) in [5.41, 5.74) is 0. The van der Waals surface area contributed by atoms with Crippen molar-refractivity contribution in [3.8, 4) is 0 Å². The molecule has 0 fully saturated rings. The number of rotatable bonds is 31. The summed E-state index contributed by atoms with van der Waals surface area (Å²) in [6, 6.07) is -0.993. The van der Waals surface area contributed by atoms with Gasteiger partial charge in [0.15, 0.2) is 0 Å². The molecule has 0 saturated heterocycles. The van der Waals surface area contributed by atoms with E-state index in [1.54, 1.807) is 0 Å². The third-order valence-corrected chi connectivity index (χ3v) is 8.23. The second kappa shape index (κ2) is 30.5. The molecule has 0 saturated carbocycles. The molecule has 4 atom stereocenters. The number of carbonyl (C=O) groups is 1. The summed E-state index contributed by atoms with van der Waals surface area (Å²) < 4.78 is 0. The molecule has 0 aromatic carbocycles. The molecule has 0 aliphatic carbocycles. The van der Waals surface area contributed by atoms with Gasteiger partial charge >= 0.3 is 0 Å². The van der Waals surface area contributed by atoms with Gasteiger partial charge in [-0.3, -0.25) is 4.79 Å². The van der Waals surface area contributed by atoms with E-state index >= 15 is 0 Å². The summed E-state index contributed by atoms with van der Waals surface area (Å²) in [5, 5.41) is 43.1. The van der Waals surface area contributed by atoms with Crippen molar-refractivity contribution in [3.63, 3.8) is 0 Å². The fourth-order valence-electron chi connectivity index (χ4n) is 5.34. The fraction of sp³-hybridized carbons (Fsp3) is 0.914. The lowest BCUT2D eigenvalue weighted by atomic mass is 10.00. The molecule has 0 unspecified atom stereocenters. The van der Waals surface area contributed by atoms with Gasteiger partial charge in [0.25, 0.3) is 0 Å². The first-order valence-electron chi connectivity index (χ1n) is 17.6. The molecule has 6 nitrogen and oxygen atoms in total. The molecular weight excluding hydrogens is 514 g/mol. The van der Waals surface area contributed by atoms with Crippen LogP contribution in [0.4, 0.5) is 0 Å². The standard InChI is InChI=1S/C35H69NO5/c1-3-5-7-9-11-13-14-15-16-17-18-19-20-21-23-25-27-29-33(39)35(41)36-31(30-37)34(40)32(38)28-26-24-22-12-10-8-6-4-2/h12,22,31-34,37-40H,3-11,13-21,23-30H2,1-2H3,(H,36,41)/b22-12+/t31-,32+,33+,34-/m0/s1. The summed E-state index contributed by atoms with van der Waals surface area (Å²) in [6.07, 6.45) is 29.6. The summed E-state index contributed by atoms with van der Waals surface area (Å²) >= 11 is 0. The number of aliphatic hydroxyl groups excluding tert-OH is 4. The van der Waals surface area contributed by atoms with Crippen molar-refractivity contribution < 1.29 is 25.2 Å². The van der Waals surface area contributed by atoms with Gasteiger partial charge in [-0.1, -0.05) is 148 Å². The fourth-order valence-corrected chi connectivity index (χ4v) is 5.34. The molecular formula is C35H69NO5. The van der Waals surface area contributed by atoms with Crippen LogP contribution in [0, 0.1) is 0 Å². The number of amides is 1. The van der Waals surface area contributed by atoms with E-state index in [9.17, 15) is 25.2 Å². The minimum absolute atomic E-state index is 0.367. The van der Waals surface area contributed by atoms with Crippen molar-refractivity contribution >= 4 is 5.91 Å². The van der Waals surface area contributed by atoms with E-state index in [1.165, 1.54) is 109 Å². The van der Waals surface area contributed by atoms with E-state index < -0.39 is 36.9 Å². The normalized spacial score (nSPS) is 14.8. The van der Waals surface area contributed by atoms with E-state index in [0.29, 0.717) is 12.8 Å². The Morgan fingerprint density at radius 2 is 1.00 bits per heavy atom. The van der Waals surface area contributed by atoms with Gasteiger partial charge in [0.2, 0.25) is 5.91 Å². The molecule has 6 heteroatoms. The van der Waals surface area contributed by atoms with Crippen LogP contribution >= 0.6 is 0 Å². The predicted octanol–water partition coefficient (Wildman–Crippen LogP) is 7.89. The molecule has 41 heavy (non-hydrogen) atoms. The molecule has 0 aromatic rings. The second-order valence-electron chi connectivity index (χ2n) is 12.2. The number of hydrogen-bond donors (Lipinski definition) is 5. The van der Waals surface area contributed by atoms with Crippen molar-refractivity contribution in [1.29, 1.82) is 0 Å². The van der Waals surface area contributed by atoms with Crippen LogP contribution < -0.4 is 5.32 Å². The molecule has 0 aliphatic heterocycles. The maximum Gasteiger partial charge on any atom is 0.249 e. The van der Waals surface area contributed by atoms with Crippen LogP contribution in [0.15, 0.2) is 12.2 Å². The molecule has 0 heterocycles. The Morgan fingerprint density at radius 1 is 0.585 bits per heavy atom. The van der Waals surface area contributed by atoms with Gasteiger partial charge in [-0.05, 0) is 38.5 Å². The van der Waals surface area contributed by atoms with Gasteiger partial charge in [0.1, 0.15) is 12.2 Å². The molecule has 0 aromatic heterocycles. The molecule has 0 spiro atoms. The summed E-state index contributed by atoms with van der Waals surface area (Å²) in [6.45, 7) is 3.96. The monoisotopic (exact) mass is 584 g/mol. The summed E-state index contributed by atoms with van der Waals surface area (Å²) in [7, 11) is 0. The number of nitrogens with one attached hydrogen (secondary N) is 1. The zero-order valence-corrected chi connectivity index (χ0v) is 27.0. The lowest BCUT2D eigenvalue weighted by molar-refractivity contribution is -0.132. The minimum Gasteiger partial charge on any atom is -0.394 e. The molecule has 0 rings (SSSR count). The first kappa shape index (κ1) is 40.1. The number of carbonyl (C=O) groups excluding carboxylic acids is 1. The van der Waals surface area contributed by atoms with E-state index in [2.05, 4.69) is 31.3 Å². The SMILES string of the molecule is CCCCC/C=C/CCC[C@@H](O)[C@@H](O)[C@H](CO)NC(=O)[C@H](O)CCCCCCCCCCCCCCCCCCC. The third-order valence-electron chi connectivity index (χ3n) is 8.23. The van der Waals surface area contributed by atoms with E-state index in [4.69, 9.17) is 0 Å². The highest BCUT2D eigenvalue weighted by Gasteiger charge is 2.28. The summed E-state index contributed by atoms with van der Waals surface area (Å²) in [4.78, 5) is 12.4. The lowest BCUT2D eigenvalue weighted by Crippen LogP contribution is -2.53. The highest BCUT2D eigenvalue weighted by Crippen LogP contribution is 2.15. The van der Waals surface area contributed by atoms with Gasteiger partial charge in [-0.2, -0.15) is 0 Å². The molecule has 244 valence electrons. The highest BCUT2D eigenvalue weighted by molar-refractivity contribution is 5.80. The van der Waals surface area contributed by atoms with Crippen molar-refractivity contribution in [2.24, 2.45) is 0 Å². The van der Waals surface area contributed by atoms with Crippen LogP contribution in [0.25, 0.3) is 0 Å². The lowest BCUT2D eigenvalue weighted by Gasteiger charge is -2.27.